The highest BCUT2D eigenvalue weighted by atomic mass is 32.1. The van der Waals surface area contributed by atoms with Crippen molar-refractivity contribution in [1.82, 2.24) is 10.2 Å². The number of benzene rings is 1. The van der Waals surface area contributed by atoms with Crippen LogP contribution < -0.4 is 10.1 Å². The standard InChI is InChI=1S/C20H26N2O2S/c1-3-5-12-24-15-9-6-8-14(13-15)19-18-16(10-7-11-17(18)23)22(4-2)20(25)21-19/h6,8-9,13,19H,3-5,7,10-12H2,1-2H3,(H,21,25). The van der Waals surface area contributed by atoms with Gasteiger partial charge in [0.2, 0.25) is 0 Å². The predicted octanol–water partition coefficient (Wildman–Crippen LogP) is 4.12. The van der Waals surface area contributed by atoms with Crippen LogP contribution in [0, 0.1) is 0 Å². The van der Waals surface area contributed by atoms with E-state index < -0.39 is 0 Å². The lowest BCUT2D eigenvalue weighted by molar-refractivity contribution is -0.116. The Morgan fingerprint density at radius 1 is 1.32 bits per heavy atom. The number of rotatable bonds is 6. The Hall–Kier alpha value is -1.88. The van der Waals surface area contributed by atoms with Gasteiger partial charge in [-0.1, -0.05) is 25.5 Å². The number of nitrogens with one attached hydrogen (secondary N) is 1. The van der Waals surface area contributed by atoms with E-state index in [-0.39, 0.29) is 11.8 Å². The van der Waals surface area contributed by atoms with E-state index in [0.29, 0.717) is 18.1 Å². The van der Waals surface area contributed by atoms with E-state index in [1.807, 2.05) is 24.3 Å². The van der Waals surface area contributed by atoms with Gasteiger partial charge in [0.15, 0.2) is 10.9 Å². The number of carbonyl (C=O) groups excluding carboxylic acids is 1. The van der Waals surface area contributed by atoms with Crippen LogP contribution >= 0.6 is 12.2 Å². The number of carbonyl (C=O) groups is 1. The molecule has 2 aliphatic rings. The predicted molar refractivity (Wildman–Crippen MR) is 104 cm³/mol. The molecule has 1 atom stereocenters. The van der Waals surface area contributed by atoms with E-state index in [2.05, 4.69) is 24.1 Å². The van der Waals surface area contributed by atoms with Crippen LogP contribution in [0.2, 0.25) is 0 Å². The van der Waals surface area contributed by atoms with Crippen molar-refractivity contribution in [2.24, 2.45) is 0 Å². The summed E-state index contributed by atoms with van der Waals surface area (Å²) in [6.07, 6.45) is 4.59. The number of unbranched alkanes of at least 4 members (excludes halogenated alkanes) is 1. The maximum Gasteiger partial charge on any atom is 0.173 e. The molecule has 1 heterocycles. The highest BCUT2D eigenvalue weighted by Gasteiger charge is 2.36. The maximum atomic E-state index is 12.7. The fraction of sp³-hybridized carbons (Fsp3) is 0.500. The molecule has 25 heavy (non-hydrogen) atoms. The lowest BCUT2D eigenvalue weighted by Gasteiger charge is -2.40. The van der Waals surface area contributed by atoms with Gasteiger partial charge in [-0.25, -0.2) is 0 Å². The smallest absolute Gasteiger partial charge is 0.173 e. The molecule has 0 spiro atoms. The molecule has 0 saturated heterocycles. The highest BCUT2D eigenvalue weighted by Crippen LogP contribution is 2.37. The molecule has 0 fully saturated rings. The summed E-state index contributed by atoms with van der Waals surface area (Å²) in [4.78, 5) is 14.7. The molecule has 0 saturated carbocycles. The Labute approximate surface area is 155 Å². The molecular weight excluding hydrogens is 332 g/mol. The van der Waals surface area contributed by atoms with Gasteiger partial charge < -0.3 is 15.0 Å². The Morgan fingerprint density at radius 3 is 2.92 bits per heavy atom. The van der Waals surface area contributed by atoms with Crippen molar-refractivity contribution in [2.75, 3.05) is 13.2 Å². The largest absolute Gasteiger partial charge is 0.494 e. The zero-order valence-corrected chi connectivity index (χ0v) is 15.8. The van der Waals surface area contributed by atoms with Crippen molar-refractivity contribution >= 4 is 23.1 Å². The maximum absolute atomic E-state index is 12.7. The summed E-state index contributed by atoms with van der Waals surface area (Å²) in [5, 5.41) is 4.09. The van der Waals surface area contributed by atoms with Crippen molar-refractivity contribution in [3.63, 3.8) is 0 Å². The summed E-state index contributed by atoms with van der Waals surface area (Å²) in [7, 11) is 0. The van der Waals surface area contributed by atoms with Crippen molar-refractivity contribution in [3.05, 3.63) is 41.1 Å². The molecule has 1 aromatic carbocycles. The van der Waals surface area contributed by atoms with Crippen LogP contribution in [0.3, 0.4) is 0 Å². The first-order chi connectivity index (χ1) is 12.2. The Bertz CT molecular complexity index is 699. The monoisotopic (exact) mass is 358 g/mol. The van der Waals surface area contributed by atoms with Crippen molar-refractivity contribution in [2.45, 2.75) is 52.0 Å². The number of ketones is 1. The first-order valence-electron chi connectivity index (χ1n) is 9.22. The molecule has 0 bridgehead atoms. The van der Waals surface area contributed by atoms with E-state index in [1.165, 1.54) is 0 Å². The van der Waals surface area contributed by atoms with Gasteiger partial charge in [0.25, 0.3) is 0 Å². The minimum atomic E-state index is -0.173. The average Bonchev–Trinajstić information content (AvgIpc) is 2.62. The number of Topliss-reactive ketones (excluding diaryl/α,β-unsaturated/α-hetero) is 1. The van der Waals surface area contributed by atoms with Gasteiger partial charge in [0.05, 0.1) is 12.6 Å². The SMILES string of the molecule is CCCCOc1cccc(C2NC(=S)N(CC)C3=C2C(=O)CCC3)c1. The van der Waals surface area contributed by atoms with Crippen LogP contribution in [0.1, 0.15) is 57.6 Å². The molecule has 0 aromatic heterocycles. The van der Waals surface area contributed by atoms with Crippen LogP contribution in [0.25, 0.3) is 0 Å². The normalized spacial score (nSPS) is 20.4. The van der Waals surface area contributed by atoms with E-state index >= 15 is 0 Å². The minimum Gasteiger partial charge on any atom is -0.494 e. The van der Waals surface area contributed by atoms with E-state index in [4.69, 9.17) is 17.0 Å². The topological polar surface area (TPSA) is 41.6 Å². The number of hydrogen-bond acceptors (Lipinski definition) is 3. The first-order valence-corrected chi connectivity index (χ1v) is 9.63. The molecular formula is C20H26N2O2S. The minimum absolute atomic E-state index is 0.173. The second kappa shape index (κ2) is 8.00. The quantitative estimate of drug-likeness (QED) is 0.612. The Balaban J connectivity index is 1.94. The zero-order chi connectivity index (χ0) is 17.8. The number of nitrogens with zero attached hydrogens (tertiary/aromatic N) is 1. The summed E-state index contributed by atoms with van der Waals surface area (Å²) in [5.41, 5.74) is 3.02. The fourth-order valence-electron chi connectivity index (χ4n) is 3.55. The number of allylic oxidation sites excluding steroid dienone is 1. The van der Waals surface area contributed by atoms with E-state index in [1.54, 1.807) is 0 Å². The van der Waals surface area contributed by atoms with Gasteiger partial charge >= 0.3 is 0 Å². The molecule has 134 valence electrons. The third kappa shape index (κ3) is 3.71. The molecule has 4 nitrogen and oxygen atoms in total. The van der Waals surface area contributed by atoms with Gasteiger partial charge in [0.1, 0.15) is 5.75 Å². The van der Waals surface area contributed by atoms with Crippen molar-refractivity contribution < 1.29 is 9.53 Å². The van der Waals surface area contributed by atoms with Crippen LogP contribution in [0.4, 0.5) is 0 Å². The molecule has 1 N–H and O–H groups in total. The van der Waals surface area contributed by atoms with Gasteiger partial charge in [0, 0.05) is 24.2 Å². The third-order valence-corrected chi connectivity index (χ3v) is 5.17. The number of thiocarbonyl (C=S) groups is 1. The van der Waals surface area contributed by atoms with Crippen molar-refractivity contribution in [3.8, 4) is 5.75 Å². The summed E-state index contributed by atoms with van der Waals surface area (Å²) in [6.45, 7) is 5.72. The van der Waals surface area contributed by atoms with Crippen LogP contribution in [-0.4, -0.2) is 28.9 Å². The fourth-order valence-corrected chi connectivity index (χ4v) is 3.91. The molecule has 1 aliphatic carbocycles. The number of hydrogen-bond donors (Lipinski definition) is 1. The number of ether oxygens (including phenoxy) is 1. The van der Waals surface area contributed by atoms with Crippen LogP contribution in [0.5, 0.6) is 5.75 Å². The van der Waals surface area contributed by atoms with Gasteiger partial charge in [-0.05, 0) is 56.1 Å². The molecule has 3 rings (SSSR count). The molecule has 0 amide bonds. The second-order valence-corrected chi connectivity index (χ2v) is 6.93. The average molecular weight is 359 g/mol. The lowest BCUT2D eigenvalue weighted by atomic mass is 9.85. The summed E-state index contributed by atoms with van der Waals surface area (Å²) in [6, 6.07) is 7.86. The van der Waals surface area contributed by atoms with E-state index in [0.717, 1.165) is 54.8 Å². The zero-order valence-electron chi connectivity index (χ0n) is 15.0. The van der Waals surface area contributed by atoms with E-state index in [9.17, 15) is 4.79 Å². The third-order valence-electron chi connectivity index (χ3n) is 4.83. The molecule has 5 heteroatoms. The first kappa shape index (κ1) is 17.9. The Morgan fingerprint density at radius 2 is 2.16 bits per heavy atom. The van der Waals surface area contributed by atoms with Crippen LogP contribution in [-0.2, 0) is 4.79 Å². The summed E-state index contributed by atoms with van der Waals surface area (Å²) in [5.74, 6) is 1.08. The molecule has 1 unspecified atom stereocenters. The van der Waals surface area contributed by atoms with Gasteiger partial charge in [-0.2, -0.15) is 0 Å². The van der Waals surface area contributed by atoms with Gasteiger partial charge in [-0.15, -0.1) is 0 Å². The highest BCUT2D eigenvalue weighted by molar-refractivity contribution is 7.80. The summed E-state index contributed by atoms with van der Waals surface area (Å²) < 4.78 is 5.84. The molecule has 0 radical (unpaired) electrons. The molecule has 1 aromatic rings. The lowest BCUT2D eigenvalue weighted by Crippen LogP contribution is -2.49. The molecule has 1 aliphatic heterocycles. The second-order valence-electron chi connectivity index (χ2n) is 6.54. The summed E-state index contributed by atoms with van der Waals surface area (Å²) >= 11 is 5.57. The van der Waals surface area contributed by atoms with Gasteiger partial charge in [-0.3, -0.25) is 4.79 Å². The van der Waals surface area contributed by atoms with Crippen LogP contribution in [0.15, 0.2) is 35.5 Å². The Kier molecular flexibility index (Phi) is 5.74. The van der Waals surface area contributed by atoms with Crippen molar-refractivity contribution in [1.29, 1.82) is 0 Å².